The fourth-order valence-corrected chi connectivity index (χ4v) is 1.68. The number of halogens is 1. The minimum absolute atomic E-state index is 0.111. The van der Waals surface area contributed by atoms with Crippen LogP contribution in [0.15, 0.2) is 18.2 Å². The van der Waals surface area contributed by atoms with Crippen LogP contribution in [-0.2, 0) is 0 Å². The minimum atomic E-state index is -0.421. The molecule has 0 aliphatic rings. The SMILES string of the molecule is CC(O)CCN(C)C(=O)c1ccc(I)c(O)c1. The second kappa shape index (κ2) is 6.20. The summed E-state index contributed by atoms with van der Waals surface area (Å²) in [5.74, 6) is -0.0438. The third kappa shape index (κ3) is 4.16. The Hall–Kier alpha value is -0.820. The second-order valence-corrected chi connectivity index (χ2v) is 5.19. The summed E-state index contributed by atoms with van der Waals surface area (Å²) in [6.07, 6.45) is 0.119. The number of aromatic hydroxyl groups is 1. The molecule has 1 amide bonds. The molecule has 5 heteroatoms. The van der Waals surface area contributed by atoms with Crippen molar-refractivity contribution in [1.82, 2.24) is 4.90 Å². The van der Waals surface area contributed by atoms with Crippen LogP contribution in [0, 0.1) is 3.57 Å². The highest BCUT2D eigenvalue weighted by Crippen LogP contribution is 2.21. The zero-order valence-corrected chi connectivity index (χ0v) is 12.0. The molecule has 1 rings (SSSR count). The van der Waals surface area contributed by atoms with Gasteiger partial charge in [0.05, 0.1) is 9.67 Å². The lowest BCUT2D eigenvalue weighted by Crippen LogP contribution is -2.29. The van der Waals surface area contributed by atoms with Crippen molar-refractivity contribution in [2.24, 2.45) is 0 Å². The van der Waals surface area contributed by atoms with Gasteiger partial charge in [-0.25, -0.2) is 0 Å². The van der Waals surface area contributed by atoms with Crippen LogP contribution in [0.3, 0.4) is 0 Å². The van der Waals surface area contributed by atoms with Gasteiger partial charge in [-0.1, -0.05) is 0 Å². The lowest BCUT2D eigenvalue weighted by atomic mass is 10.2. The number of rotatable bonds is 4. The van der Waals surface area contributed by atoms with Gasteiger partial charge < -0.3 is 15.1 Å². The van der Waals surface area contributed by atoms with Crippen molar-refractivity contribution in [1.29, 1.82) is 0 Å². The Morgan fingerprint density at radius 2 is 2.18 bits per heavy atom. The normalized spacial score (nSPS) is 12.2. The van der Waals surface area contributed by atoms with Crippen LogP contribution < -0.4 is 0 Å². The van der Waals surface area contributed by atoms with E-state index in [1.807, 2.05) is 22.6 Å². The van der Waals surface area contributed by atoms with Gasteiger partial charge in [0, 0.05) is 19.2 Å². The van der Waals surface area contributed by atoms with Crippen molar-refractivity contribution < 1.29 is 15.0 Å². The van der Waals surface area contributed by atoms with Crippen molar-refractivity contribution in [3.05, 3.63) is 27.3 Å². The third-order valence-corrected chi connectivity index (χ3v) is 3.33. The number of aliphatic hydroxyl groups excluding tert-OH is 1. The highest BCUT2D eigenvalue weighted by molar-refractivity contribution is 14.1. The molecule has 1 atom stereocenters. The average molecular weight is 349 g/mol. The molecule has 4 nitrogen and oxygen atoms in total. The van der Waals surface area contributed by atoms with Crippen LogP contribution in [0.1, 0.15) is 23.7 Å². The van der Waals surface area contributed by atoms with Gasteiger partial charge in [-0.3, -0.25) is 4.79 Å². The molecule has 0 bridgehead atoms. The Balaban J connectivity index is 2.71. The highest BCUT2D eigenvalue weighted by atomic mass is 127. The van der Waals surface area contributed by atoms with Gasteiger partial charge >= 0.3 is 0 Å². The number of hydrogen-bond acceptors (Lipinski definition) is 3. The maximum absolute atomic E-state index is 12.0. The van der Waals surface area contributed by atoms with Crippen LogP contribution in [0.4, 0.5) is 0 Å². The van der Waals surface area contributed by atoms with E-state index in [4.69, 9.17) is 5.11 Å². The standard InChI is InChI=1S/C12H16INO3/c1-8(15)5-6-14(2)12(17)9-3-4-10(13)11(16)7-9/h3-4,7-8,15-16H,5-6H2,1-2H3. The predicted octanol–water partition coefficient (Wildman–Crippen LogP) is 1.84. The van der Waals surface area contributed by atoms with Crippen molar-refractivity contribution in [3.8, 4) is 5.75 Å². The van der Waals surface area contributed by atoms with E-state index in [9.17, 15) is 9.90 Å². The first-order valence-corrected chi connectivity index (χ1v) is 6.41. The largest absolute Gasteiger partial charge is 0.507 e. The Bertz CT molecular complexity index is 407. The summed E-state index contributed by atoms with van der Waals surface area (Å²) in [5.41, 5.74) is 0.455. The molecule has 1 unspecified atom stereocenters. The molecule has 0 spiro atoms. The number of phenolic OH excluding ortho intramolecular Hbond substituents is 1. The van der Waals surface area contributed by atoms with Crippen molar-refractivity contribution in [2.75, 3.05) is 13.6 Å². The first kappa shape index (κ1) is 14.2. The summed E-state index contributed by atoms with van der Waals surface area (Å²) in [6, 6.07) is 4.84. The molecular formula is C12H16INO3. The van der Waals surface area contributed by atoms with E-state index in [0.717, 1.165) is 0 Å². The molecule has 0 saturated carbocycles. The number of carbonyl (C=O) groups is 1. The van der Waals surface area contributed by atoms with Crippen LogP contribution in [-0.4, -0.2) is 40.7 Å². The molecule has 94 valence electrons. The zero-order chi connectivity index (χ0) is 13.0. The maximum atomic E-state index is 12.0. The van der Waals surface area contributed by atoms with E-state index in [1.54, 1.807) is 26.1 Å². The number of carbonyl (C=O) groups excluding carboxylic acids is 1. The van der Waals surface area contributed by atoms with Crippen LogP contribution in [0.25, 0.3) is 0 Å². The highest BCUT2D eigenvalue weighted by Gasteiger charge is 2.13. The molecule has 1 aromatic carbocycles. The van der Waals surface area contributed by atoms with E-state index < -0.39 is 6.10 Å². The monoisotopic (exact) mass is 349 g/mol. The second-order valence-electron chi connectivity index (χ2n) is 4.03. The number of nitrogens with zero attached hydrogens (tertiary/aromatic N) is 1. The Labute approximate surface area is 114 Å². The first-order chi connectivity index (χ1) is 7.91. The maximum Gasteiger partial charge on any atom is 0.253 e. The molecule has 0 aliphatic heterocycles. The summed E-state index contributed by atoms with van der Waals surface area (Å²) >= 11 is 2.00. The van der Waals surface area contributed by atoms with Crippen LogP contribution in [0.2, 0.25) is 0 Å². The van der Waals surface area contributed by atoms with Gasteiger partial charge in [0.1, 0.15) is 5.75 Å². The summed E-state index contributed by atoms with van der Waals surface area (Å²) in [6.45, 7) is 2.18. The zero-order valence-electron chi connectivity index (χ0n) is 9.85. The predicted molar refractivity (Wildman–Crippen MR) is 74.1 cm³/mol. The molecular weight excluding hydrogens is 333 g/mol. The van der Waals surface area contributed by atoms with Crippen molar-refractivity contribution in [3.63, 3.8) is 0 Å². The number of phenols is 1. The summed E-state index contributed by atoms with van der Waals surface area (Å²) in [5, 5.41) is 18.7. The molecule has 0 aliphatic carbocycles. The molecule has 0 aromatic heterocycles. The Kier molecular flexibility index (Phi) is 5.20. The lowest BCUT2D eigenvalue weighted by molar-refractivity contribution is 0.0768. The van der Waals surface area contributed by atoms with Crippen LogP contribution in [0.5, 0.6) is 5.75 Å². The number of amides is 1. The molecule has 17 heavy (non-hydrogen) atoms. The molecule has 2 N–H and O–H groups in total. The Morgan fingerprint density at radius 3 is 2.71 bits per heavy atom. The Morgan fingerprint density at radius 1 is 1.53 bits per heavy atom. The first-order valence-electron chi connectivity index (χ1n) is 5.34. The van der Waals surface area contributed by atoms with E-state index in [-0.39, 0.29) is 11.7 Å². The average Bonchev–Trinajstić information content (AvgIpc) is 2.28. The van der Waals surface area contributed by atoms with E-state index in [1.165, 1.54) is 11.0 Å². The van der Waals surface area contributed by atoms with Crippen molar-refractivity contribution >= 4 is 28.5 Å². The topological polar surface area (TPSA) is 60.8 Å². The third-order valence-electron chi connectivity index (χ3n) is 2.42. The minimum Gasteiger partial charge on any atom is -0.507 e. The molecule has 0 saturated heterocycles. The van der Waals surface area contributed by atoms with E-state index in [0.29, 0.717) is 22.1 Å². The molecule has 0 fully saturated rings. The van der Waals surface area contributed by atoms with Gasteiger partial charge in [0.2, 0.25) is 0 Å². The molecule has 1 aromatic rings. The lowest BCUT2D eigenvalue weighted by Gasteiger charge is -2.18. The number of aliphatic hydroxyl groups is 1. The quantitative estimate of drug-likeness (QED) is 0.816. The van der Waals surface area contributed by atoms with E-state index in [2.05, 4.69) is 0 Å². The van der Waals surface area contributed by atoms with Gasteiger partial charge in [-0.05, 0) is 54.1 Å². The molecule has 0 heterocycles. The van der Waals surface area contributed by atoms with Gasteiger partial charge in [0.25, 0.3) is 5.91 Å². The number of hydrogen-bond donors (Lipinski definition) is 2. The van der Waals surface area contributed by atoms with Gasteiger partial charge in [-0.2, -0.15) is 0 Å². The fraction of sp³-hybridized carbons (Fsp3) is 0.417. The summed E-state index contributed by atoms with van der Waals surface area (Å²) < 4.78 is 0.714. The van der Waals surface area contributed by atoms with Gasteiger partial charge in [-0.15, -0.1) is 0 Å². The number of benzene rings is 1. The summed E-state index contributed by atoms with van der Waals surface area (Å²) in [7, 11) is 1.68. The van der Waals surface area contributed by atoms with Crippen molar-refractivity contribution in [2.45, 2.75) is 19.4 Å². The fourth-order valence-electron chi connectivity index (χ4n) is 1.35. The van der Waals surface area contributed by atoms with E-state index >= 15 is 0 Å². The smallest absolute Gasteiger partial charge is 0.253 e. The molecule has 0 radical (unpaired) electrons. The van der Waals surface area contributed by atoms with Crippen LogP contribution >= 0.6 is 22.6 Å². The van der Waals surface area contributed by atoms with Gasteiger partial charge in [0.15, 0.2) is 0 Å². The summed E-state index contributed by atoms with van der Waals surface area (Å²) in [4.78, 5) is 13.5.